The Kier molecular flexibility index (Phi) is 7.51. The van der Waals surface area contributed by atoms with Crippen LogP contribution in [0.15, 0.2) is 34.8 Å². The maximum Gasteiger partial charge on any atom is 0.252 e. The Morgan fingerprint density at radius 2 is 2.21 bits per heavy atom. The second-order valence-corrected chi connectivity index (χ2v) is 6.30. The molecule has 0 aliphatic rings. The maximum atomic E-state index is 12.1. The third kappa shape index (κ3) is 5.48. The van der Waals surface area contributed by atoms with Crippen LogP contribution in [0.5, 0.6) is 0 Å². The Labute approximate surface area is 150 Å². The monoisotopic (exact) mass is 369 g/mol. The Morgan fingerprint density at radius 3 is 2.88 bits per heavy atom. The van der Waals surface area contributed by atoms with Crippen LogP contribution in [0, 0.1) is 0 Å². The number of imidazole rings is 1. The van der Waals surface area contributed by atoms with Gasteiger partial charge in [0.15, 0.2) is 5.16 Å². The molecular formula is C15H20ClN5O2S. The molecule has 0 aliphatic heterocycles. The lowest BCUT2D eigenvalue weighted by Gasteiger charge is -2.08. The molecule has 0 saturated carbocycles. The fraction of sp³-hybridized carbons (Fsp3) is 0.400. The highest BCUT2D eigenvalue weighted by Gasteiger charge is 2.12. The normalized spacial score (nSPS) is 10.8. The largest absolute Gasteiger partial charge is 0.383 e. The van der Waals surface area contributed by atoms with Crippen molar-refractivity contribution in [3.63, 3.8) is 0 Å². The Bertz CT molecular complexity index is 680. The van der Waals surface area contributed by atoms with Crippen LogP contribution in [-0.4, -0.2) is 53.8 Å². The predicted octanol–water partition coefficient (Wildman–Crippen LogP) is 1.59. The number of rotatable bonds is 9. The second kappa shape index (κ2) is 9.63. The summed E-state index contributed by atoms with van der Waals surface area (Å²) in [5.74, 6) is -0.202. The molecule has 0 aromatic carbocycles. The number of hydrogen-bond donors (Lipinski definition) is 2. The van der Waals surface area contributed by atoms with Crippen LogP contribution in [0.4, 0.5) is 0 Å². The van der Waals surface area contributed by atoms with E-state index in [1.54, 1.807) is 19.4 Å². The molecule has 2 rings (SSSR count). The lowest BCUT2D eigenvalue weighted by atomic mass is 10.2. The number of aryl methyl sites for hydroxylation is 1. The highest BCUT2D eigenvalue weighted by Crippen LogP contribution is 2.30. The van der Waals surface area contributed by atoms with Gasteiger partial charge in [-0.3, -0.25) is 4.79 Å². The molecule has 2 heterocycles. The van der Waals surface area contributed by atoms with Crippen LogP contribution < -0.4 is 10.6 Å². The van der Waals surface area contributed by atoms with E-state index in [4.69, 9.17) is 16.3 Å². The lowest BCUT2D eigenvalue weighted by Crippen LogP contribution is -2.33. The van der Waals surface area contributed by atoms with Crippen molar-refractivity contribution in [3.05, 3.63) is 35.2 Å². The molecule has 0 fully saturated rings. The molecule has 9 heteroatoms. The van der Waals surface area contributed by atoms with Gasteiger partial charge in [0, 0.05) is 52.4 Å². The number of carbonyl (C=O) groups is 1. The van der Waals surface area contributed by atoms with E-state index in [1.165, 1.54) is 18.0 Å². The molecule has 2 aromatic heterocycles. The van der Waals surface area contributed by atoms with Crippen LogP contribution in [0.2, 0.25) is 5.02 Å². The van der Waals surface area contributed by atoms with Gasteiger partial charge in [0.1, 0.15) is 5.03 Å². The average molecular weight is 370 g/mol. The fourth-order valence-electron chi connectivity index (χ4n) is 1.83. The Hall–Kier alpha value is -1.61. The van der Waals surface area contributed by atoms with E-state index >= 15 is 0 Å². The first-order valence-corrected chi connectivity index (χ1v) is 8.60. The molecule has 0 aliphatic carbocycles. The van der Waals surface area contributed by atoms with Crippen molar-refractivity contribution >= 4 is 29.3 Å². The number of nitrogens with zero attached hydrogens (tertiary/aromatic N) is 3. The molecule has 0 spiro atoms. The zero-order valence-electron chi connectivity index (χ0n) is 13.6. The third-order valence-corrected chi connectivity index (χ3v) is 4.60. The van der Waals surface area contributed by atoms with Crippen LogP contribution in [0.25, 0.3) is 0 Å². The maximum absolute atomic E-state index is 12.1. The number of hydrogen-bond acceptors (Lipinski definition) is 6. The molecule has 0 saturated heterocycles. The fourth-order valence-corrected chi connectivity index (χ4v) is 2.86. The lowest BCUT2D eigenvalue weighted by molar-refractivity contribution is 0.0953. The molecule has 130 valence electrons. The number of carbonyl (C=O) groups excluding carboxylic acids is 1. The van der Waals surface area contributed by atoms with Crippen LogP contribution in [0.1, 0.15) is 10.4 Å². The first-order valence-electron chi connectivity index (χ1n) is 7.40. The number of amides is 1. The van der Waals surface area contributed by atoms with Gasteiger partial charge in [-0.1, -0.05) is 11.6 Å². The number of pyridine rings is 1. The summed E-state index contributed by atoms with van der Waals surface area (Å²) in [5.41, 5.74) is 0.432. The van der Waals surface area contributed by atoms with E-state index in [0.29, 0.717) is 35.3 Å². The summed E-state index contributed by atoms with van der Waals surface area (Å²) in [6.07, 6.45) is 5.07. The van der Waals surface area contributed by atoms with Crippen LogP contribution in [0.3, 0.4) is 0 Å². The van der Waals surface area contributed by atoms with Gasteiger partial charge >= 0.3 is 0 Å². The zero-order valence-corrected chi connectivity index (χ0v) is 15.2. The predicted molar refractivity (Wildman–Crippen MR) is 93.7 cm³/mol. The van der Waals surface area contributed by atoms with Crippen LogP contribution in [-0.2, 0) is 11.8 Å². The van der Waals surface area contributed by atoms with E-state index in [9.17, 15) is 4.79 Å². The summed E-state index contributed by atoms with van der Waals surface area (Å²) in [4.78, 5) is 20.6. The molecule has 0 bridgehead atoms. The molecule has 0 unspecified atom stereocenters. The summed E-state index contributed by atoms with van der Waals surface area (Å²) < 4.78 is 6.80. The van der Waals surface area contributed by atoms with E-state index < -0.39 is 0 Å². The third-order valence-electron chi connectivity index (χ3n) is 3.10. The van der Waals surface area contributed by atoms with Crippen LogP contribution >= 0.6 is 23.4 Å². The second-order valence-electron chi connectivity index (χ2n) is 4.93. The standard InChI is InChI=1S/C15H20ClN5O2S/c1-21-7-5-19-15(21)24-14-12(16)9-11(10-20-14)13(22)18-4-3-17-6-8-23-2/h5,7,9-10,17H,3-4,6,8H2,1-2H3,(H,18,22). The number of methoxy groups -OCH3 is 1. The van der Waals surface area contributed by atoms with E-state index in [1.807, 2.05) is 17.8 Å². The average Bonchev–Trinajstić information content (AvgIpc) is 2.97. The smallest absolute Gasteiger partial charge is 0.252 e. The highest BCUT2D eigenvalue weighted by molar-refractivity contribution is 7.99. The molecular weight excluding hydrogens is 350 g/mol. The Balaban J connectivity index is 1.87. The molecule has 24 heavy (non-hydrogen) atoms. The van der Waals surface area contributed by atoms with Crippen molar-refractivity contribution in [2.45, 2.75) is 10.2 Å². The zero-order chi connectivity index (χ0) is 17.4. The molecule has 2 aromatic rings. The van der Waals surface area contributed by atoms with Gasteiger partial charge in [0.25, 0.3) is 5.91 Å². The van der Waals surface area contributed by atoms with Gasteiger partial charge in [-0.25, -0.2) is 9.97 Å². The minimum atomic E-state index is -0.202. The van der Waals surface area contributed by atoms with Gasteiger partial charge in [-0.2, -0.15) is 0 Å². The van der Waals surface area contributed by atoms with E-state index in [0.717, 1.165) is 11.7 Å². The van der Waals surface area contributed by atoms with Crippen molar-refractivity contribution in [3.8, 4) is 0 Å². The van der Waals surface area contributed by atoms with Gasteiger partial charge in [-0.05, 0) is 17.8 Å². The van der Waals surface area contributed by atoms with E-state index in [-0.39, 0.29) is 5.91 Å². The number of nitrogens with one attached hydrogen (secondary N) is 2. The molecule has 2 N–H and O–H groups in total. The topological polar surface area (TPSA) is 81.1 Å². The van der Waals surface area contributed by atoms with Gasteiger partial charge < -0.3 is 19.9 Å². The molecule has 7 nitrogen and oxygen atoms in total. The van der Waals surface area contributed by atoms with Crippen molar-refractivity contribution in [1.29, 1.82) is 0 Å². The first kappa shape index (κ1) is 18.7. The van der Waals surface area contributed by atoms with Crippen molar-refractivity contribution < 1.29 is 9.53 Å². The van der Waals surface area contributed by atoms with Crippen molar-refractivity contribution in [2.75, 3.05) is 33.4 Å². The summed E-state index contributed by atoms with van der Waals surface area (Å²) in [6, 6.07) is 1.62. The molecule has 0 radical (unpaired) electrons. The van der Waals surface area contributed by atoms with Crippen molar-refractivity contribution in [1.82, 2.24) is 25.2 Å². The summed E-state index contributed by atoms with van der Waals surface area (Å²) in [6.45, 7) is 2.58. The summed E-state index contributed by atoms with van der Waals surface area (Å²) in [7, 11) is 3.54. The SMILES string of the molecule is COCCNCCNC(=O)c1cnc(Sc2nccn2C)c(Cl)c1. The van der Waals surface area contributed by atoms with Gasteiger partial charge in [0.2, 0.25) is 0 Å². The minimum absolute atomic E-state index is 0.202. The van der Waals surface area contributed by atoms with E-state index in [2.05, 4.69) is 20.6 Å². The first-order chi connectivity index (χ1) is 11.6. The van der Waals surface area contributed by atoms with Gasteiger partial charge in [0.05, 0.1) is 17.2 Å². The number of ether oxygens (including phenoxy) is 1. The number of aromatic nitrogens is 3. The van der Waals surface area contributed by atoms with Crippen molar-refractivity contribution in [2.24, 2.45) is 7.05 Å². The highest BCUT2D eigenvalue weighted by atomic mass is 35.5. The number of halogens is 1. The molecule has 1 amide bonds. The quantitative estimate of drug-likeness (QED) is 0.653. The summed E-state index contributed by atoms with van der Waals surface area (Å²) in [5, 5.41) is 7.78. The Morgan fingerprint density at radius 1 is 1.38 bits per heavy atom. The summed E-state index contributed by atoms with van der Waals surface area (Å²) >= 11 is 7.59. The van der Waals surface area contributed by atoms with Gasteiger partial charge in [-0.15, -0.1) is 0 Å². The molecule has 0 atom stereocenters. The minimum Gasteiger partial charge on any atom is -0.383 e.